The van der Waals surface area contributed by atoms with Gasteiger partial charge in [-0.05, 0) is 50.0 Å². The van der Waals surface area contributed by atoms with Gasteiger partial charge in [0.15, 0.2) is 0 Å². The molecule has 0 spiro atoms. The minimum Gasteiger partial charge on any atom is -0.481 e. The molecule has 0 aromatic carbocycles. The van der Waals surface area contributed by atoms with Crippen LogP contribution in [-0.4, -0.2) is 30.1 Å². The number of hydrogen-bond acceptors (Lipinski definition) is 3. The Morgan fingerprint density at radius 1 is 1.24 bits per heavy atom. The summed E-state index contributed by atoms with van der Waals surface area (Å²) in [7, 11) is 0. The molecule has 1 aliphatic carbocycles. The summed E-state index contributed by atoms with van der Waals surface area (Å²) in [6.45, 7) is 6.96. The molecule has 0 heterocycles. The van der Waals surface area contributed by atoms with Gasteiger partial charge in [-0.3, -0.25) is 9.59 Å². The van der Waals surface area contributed by atoms with Crippen molar-refractivity contribution in [2.24, 2.45) is 28.9 Å². The molecule has 1 atom stereocenters. The zero-order valence-electron chi connectivity index (χ0n) is 13.5. The number of carboxylic acid groups (broad SMARTS) is 1. The van der Waals surface area contributed by atoms with Crippen LogP contribution in [0, 0.1) is 23.2 Å². The summed E-state index contributed by atoms with van der Waals surface area (Å²) in [5.74, 6) is -0.782. The summed E-state index contributed by atoms with van der Waals surface area (Å²) >= 11 is 0. The van der Waals surface area contributed by atoms with E-state index in [2.05, 4.69) is 5.32 Å². The largest absolute Gasteiger partial charge is 0.481 e. The van der Waals surface area contributed by atoms with Gasteiger partial charge in [-0.2, -0.15) is 0 Å². The van der Waals surface area contributed by atoms with Crippen molar-refractivity contribution in [2.75, 3.05) is 13.1 Å². The number of aliphatic carboxylic acids is 1. The van der Waals surface area contributed by atoms with E-state index < -0.39 is 11.9 Å². The van der Waals surface area contributed by atoms with Gasteiger partial charge in [-0.25, -0.2) is 0 Å². The van der Waals surface area contributed by atoms with E-state index in [1.165, 1.54) is 0 Å². The number of carboxylic acids is 1. The number of carbonyl (C=O) groups excluding carboxylic acids is 1. The lowest BCUT2D eigenvalue weighted by atomic mass is 9.81. The van der Waals surface area contributed by atoms with Crippen LogP contribution in [0.4, 0.5) is 0 Å². The molecule has 1 fully saturated rings. The maximum absolute atomic E-state index is 12.2. The second-order valence-electron chi connectivity index (χ2n) is 7.50. The third kappa shape index (κ3) is 6.46. The summed E-state index contributed by atoms with van der Waals surface area (Å²) in [5, 5.41) is 12.1. The highest BCUT2D eigenvalue weighted by Gasteiger charge is 2.28. The summed E-state index contributed by atoms with van der Waals surface area (Å²) in [5.41, 5.74) is 5.59. The van der Waals surface area contributed by atoms with Crippen LogP contribution >= 0.6 is 0 Å². The normalized spacial score (nSPS) is 24.4. The van der Waals surface area contributed by atoms with Crippen LogP contribution in [0.3, 0.4) is 0 Å². The Morgan fingerprint density at radius 2 is 1.81 bits per heavy atom. The second-order valence-corrected chi connectivity index (χ2v) is 7.50. The average molecular weight is 298 g/mol. The Balaban J connectivity index is 2.42. The van der Waals surface area contributed by atoms with E-state index in [-0.39, 0.29) is 23.8 Å². The number of rotatable bonds is 6. The van der Waals surface area contributed by atoms with E-state index in [1.54, 1.807) is 0 Å². The van der Waals surface area contributed by atoms with Crippen LogP contribution in [0.25, 0.3) is 0 Å². The molecule has 1 unspecified atom stereocenters. The van der Waals surface area contributed by atoms with Gasteiger partial charge in [-0.15, -0.1) is 0 Å². The van der Waals surface area contributed by atoms with Crippen molar-refractivity contribution in [3.63, 3.8) is 0 Å². The SMILES string of the molecule is CC(C)(C)CC(CNC(=O)C1CCC(CN)CC1)C(=O)O. The van der Waals surface area contributed by atoms with Gasteiger partial charge in [0.2, 0.25) is 5.91 Å². The maximum atomic E-state index is 12.2. The summed E-state index contributed by atoms with van der Waals surface area (Å²) < 4.78 is 0. The Bertz CT molecular complexity index is 355. The third-order valence-corrected chi connectivity index (χ3v) is 4.28. The van der Waals surface area contributed by atoms with E-state index in [0.717, 1.165) is 25.7 Å². The topological polar surface area (TPSA) is 92.4 Å². The predicted octanol–water partition coefficient (Wildman–Crippen LogP) is 2.00. The number of hydrogen-bond donors (Lipinski definition) is 3. The minimum absolute atomic E-state index is 0.00521. The summed E-state index contributed by atoms with van der Waals surface area (Å²) in [6, 6.07) is 0. The molecule has 0 aromatic rings. The van der Waals surface area contributed by atoms with Crippen LogP contribution in [0.1, 0.15) is 52.9 Å². The zero-order chi connectivity index (χ0) is 16.0. The molecule has 0 bridgehead atoms. The van der Waals surface area contributed by atoms with Crippen molar-refractivity contribution < 1.29 is 14.7 Å². The fourth-order valence-corrected chi connectivity index (χ4v) is 3.01. The molecule has 0 saturated heterocycles. The van der Waals surface area contributed by atoms with Crippen LogP contribution in [0.5, 0.6) is 0 Å². The average Bonchev–Trinajstić information content (AvgIpc) is 2.41. The van der Waals surface area contributed by atoms with Crippen molar-refractivity contribution in [3.8, 4) is 0 Å². The number of carbonyl (C=O) groups is 2. The first-order valence-corrected chi connectivity index (χ1v) is 7.93. The predicted molar refractivity (Wildman–Crippen MR) is 82.7 cm³/mol. The molecule has 0 aromatic heterocycles. The summed E-state index contributed by atoms with van der Waals surface area (Å²) in [6.07, 6.45) is 4.29. The molecule has 21 heavy (non-hydrogen) atoms. The van der Waals surface area contributed by atoms with Gasteiger partial charge in [0.1, 0.15) is 0 Å². The monoisotopic (exact) mass is 298 g/mol. The summed E-state index contributed by atoms with van der Waals surface area (Å²) in [4.78, 5) is 23.4. The van der Waals surface area contributed by atoms with Crippen LogP contribution in [0.15, 0.2) is 0 Å². The van der Waals surface area contributed by atoms with Gasteiger partial charge in [-0.1, -0.05) is 20.8 Å². The molecular weight excluding hydrogens is 268 g/mol. The lowest BCUT2D eigenvalue weighted by Crippen LogP contribution is -2.39. The molecule has 122 valence electrons. The Morgan fingerprint density at radius 3 is 2.24 bits per heavy atom. The zero-order valence-corrected chi connectivity index (χ0v) is 13.5. The van der Waals surface area contributed by atoms with E-state index >= 15 is 0 Å². The van der Waals surface area contributed by atoms with Gasteiger partial charge >= 0.3 is 5.97 Å². The third-order valence-electron chi connectivity index (χ3n) is 4.28. The quantitative estimate of drug-likeness (QED) is 0.699. The Kier molecular flexibility index (Phi) is 6.65. The maximum Gasteiger partial charge on any atom is 0.308 e. The van der Waals surface area contributed by atoms with Gasteiger partial charge < -0.3 is 16.2 Å². The van der Waals surface area contributed by atoms with Crippen molar-refractivity contribution in [1.29, 1.82) is 0 Å². The van der Waals surface area contributed by atoms with Crippen molar-refractivity contribution in [1.82, 2.24) is 5.32 Å². The highest BCUT2D eigenvalue weighted by atomic mass is 16.4. The van der Waals surface area contributed by atoms with Gasteiger partial charge in [0.25, 0.3) is 0 Å². The van der Waals surface area contributed by atoms with E-state index in [4.69, 9.17) is 5.73 Å². The molecule has 0 aliphatic heterocycles. The first kappa shape index (κ1) is 18.0. The fourth-order valence-electron chi connectivity index (χ4n) is 3.01. The molecule has 0 radical (unpaired) electrons. The molecule has 1 saturated carbocycles. The fraction of sp³-hybridized carbons (Fsp3) is 0.875. The number of nitrogens with two attached hydrogens (primary N) is 1. The first-order valence-electron chi connectivity index (χ1n) is 7.93. The molecule has 1 rings (SSSR count). The van der Waals surface area contributed by atoms with E-state index in [9.17, 15) is 14.7 Å². The number of amides is 1. The minimum atomic E-state index is -0.836. The van der Waals surface area contributed by atoms with Gasteiger partial charge in [0, 0.05) is 12.5 Å². The van der Waals surface area contributed by atoms with Gasteiger partial charge in [0.05, 0.1) is 5.92 Å². The lowest BCUT2D eigenvalue weighted by molar-refractivity contribution is -0.142. The van der Waals surface area contributed by atoms with E-state index in [1.807, 2.05) is 20.8 Å². The number of nitrogens with one attached hydrogen (secondary N) is 1. The first-order chi connectivity index (χ1) is 9.73. The molecular formula is C16H30N2O3. The van der Waals surface area contributed by atoms with Crippen LogP contribution in [-0.2, 0) is 9.59 Å². The second kappa shape index (κ2) is 7.78. The molecule has 5 heteroatoms. The Labute approximate surface area is 127 Å². The Hall–Kier alpha value is -1.10. The molecule has 1 amide bonds. The van der Waals surface area contributed by atoms with Crippen LogP contribution in [0.2, 0.25) is 0 Å². The van der Waals surface area contributed by atoms with Crippen molar-refractivity contribution >= 4 is 11.9 Å². The highest BCUT2D eigenvalue weighted by molar-refractivity contribution is 5.79. The van der Waals surface area contributed by atoms with Crippen molar-refractivity contribution in [3.05, 3.63) is 0 Å². The standard InChI is InChI=1S/C16H30N2O3/c1-16(2,3)8-13(15(20)21)10-18-14(19)12-6-4-11(9-17)5-7-12/h11-13H,4-10,17H2,1-3H3,(H,18,19)(H,20,21). The van der Waals surface area contributed by atoms with Crippen molar-refractivity contribution in [2.45, 2.75) is 52.9 Å². The highest BCUT2D eigenvalue weighted by Crippen LogP contribution is 2.28. The lowest BCUT2D eigenvalue weighted by Gasteiger charge is -2.28. The smallest absolute Gasteiger partial charge is 0.308 e. The molecule has 5 nitrogen and oxygen atoms in total. The van der Waals surface area contributed by atoms with Crippen LogP contribution < -0.4 is 11.1 Å². The molecule has 4 N–H and O–H groups in total. The van der Waals surface area contributed by atoms with E-state index in [0.29, 0.717) is 18.9 Å². The molecule has 1 aliphatic rings.